The molecule has 1 heteroatoms. The summed E-state index contributed by atoms with van der Waals surface area (Å²) in [5.41, 5.74) is 4.45. The van der Waals surface area contributed by atoms with Crippen LogP contribution in [0.1, 0.15) is 48.5 Å². The molecule has 0 saturated carbocycles. The molecule has 0 spiro atoms. The van der Waals surface area contributed by atoms with Gasteiger partial charge in [-0.3, -0.25) is 4.99 Å². The first-order chi connectivity index (χ1) is 6.28. The molecular formula is C13H23N. The molecule has 1 aliphatic heterocycles. The molecule has 1 aliphatic rings. The van der Waals surface area contributed by atoms with Crippen molar-refractivity contribution in [1.29, 1.82) is 0 Å². The second kappa shape index (κ2) is 3.52. The van der Waals surface area contributed by atoms with Gasteiger partial charge in [0.1, 0.15) is 0 Å². The van der Waals surface area contributed by atoms with Crippen molar-refractivity contribution in [1.82, 2.24) is 0 Å². The van der Waals surface area contributed by atoms with Crippen LogP contribution in [-0.2, 0) is 0 Å². The van der Waals surface area contributed by atoms with E-state index < -0.39 is 0 Å². The number of rotatable bonds is 1. The Morgan fingerprint density at radius 2 is 1.79 bits per heavy atom. The molecule has 80 valence electrons. The summed E-state index contributed by atoms with van der Waals surface area (Å²) >= 11 is 0. The number of allylic oxidation sites excluding steroid dienone is 1. The lowest BCUT2D eigenvalue weighted by Crippen LogP contribution is -2.25. The van der Waals surface area contributed by atoms with Crippen molar-refractivity contribution in [2.45, 2.75) is 54.5 Å². The van der Waals surface area contributed by atoms with E-state index in [1.54, 1.807) is 0 Å². The van der Waals surface area contributed by atoms with Crippen molar-refractivity contribution < 1.29 is 0 Å². The van der Waals surface area contributed by atoms with Gasteiger partial charge in [-0.25, -0.2) is 0 Å². The van der Waals surface area contributed by atoms with E-state index in [-0.39, 0.29) is 5.41 Å². The van der Waals surface area contributed by atoms with Gasteiger partial charge < -0.3 is 0 Å². The van der Waals surface area contributed by atoms with Gasteiger partial charge >= 0.3 is 0 Å². The summed E-state index contributed by atoms with van der Waals surface area (Å²) < 4.78 is 0. The predicted octanol–water partition coefficient (Wildman–Crippen LogP) is 3.85. The third-order valence-corrected chi connectivity index (χ3v) is 3.32. The van der Waals surface area contributed by atoms with E-state index in [4.69, 9.17) is 4.99 Å². The zero-order valence-corrected chi connectivity index (χ0v) is 10.6. The van der Waals surface area contributed by atoms with Gasteiger partial charge in [0.15, 0.2) is 0 Å². The third kappa shape index (κ3) is 1.65. The van der Waals surface area contributed by atoms with E-state index in [0.717, 1.165) is 0 Å². The molecule has 0 aromatic heterocycles. The molecular weight excluding hydrogens is 170 g/mol. The summed E-state index contributed by atoms with van der Waals surface area (Å²) in [6.07, 6.45) is 0. The second-order valence-corrected chi connectivity index (χ2v) is 5.44. The SMILES string of the molecule is CC(C)=C1C(C(C)C)=NC(C)C1(C)C. The van der Waals surface area contributed by atoms with Crippen LogP contribution >= 0.6 is 0 Å². The Balaban J connectivity index is 3.24. The summed E-state index contributed by atoms with van der Waals surface area (Å²) in [4.78, 5) is 4.80. The Morgan fingerprint density at radius 3 is 2.07 bits per heavy atom. The summed E-state index contributed by atoms with van der Waals surface area (Å²) in [6, 6.07) is 0.421. The second-order valence-electron chi connectivity index (χ2n) is 5.44. The number of aliphatic imine (C=N–C) groups is 1. The lowest BCUT2D eigenvalue weighted by atomic mass is 9.76. The lowest BCUT2D eigenvalue weighted by Gasteiger charge is -2.27. The minimum Gasteiger partial charge on any atom is -0.285 e. The first-order valence-electron chi connectivity index (χ1n) is 5.54. The van der Waals surface area contributed by atoms with E-state index in [1.165, 1.54) is 16.9 Å². The quantitative estimate of drug-likeness (QED) is 0.600. The van der Waals surface area contributed by atoms with Gasteiger partial charge in [0.05, 0.1) is 6.04 Å². The highest BCUT2D eigenvalue weighted by atomic mass is 14.9. The van der Waals surface area contributed by atoms with Crippen LogP contribution in [0.4, 0.5) is 0 Å². The summed E-state index contributed by atoms with van der Waals surface area (Å²) in [5.74, 6) is 0.545. The van der Waals surface area contributed by atoms with Crippen LogP contribution < -0.4 is 0 Å². The van der Waals surface area contributed by atoms with Crippen molar-refractivity contribution >= 4 is 5.71 Å². The van der Waals surface area contributed by atoms with Crippen molar-refractivity contribution in [3.63, 3.8) is 0 Å². The average Bonchev–Trinajstić information content (AvgIpc) is 2.23. The Labute approximate surface area is 88.3 Å². The fraction of sp³-hybridized carbons (Fsp3) is 0.769. The third-order valence-electron chi connectivity index (χ3n) is 3.32. The number of hydrogen-bond donors (Lipinski definition) is 0. The first-order valence-corrected chi connectivity index (χ1v) is 5.54. The number of hydrogen-bond acceptors (Lipinski definition) is 1. The zero-order valence-electron chi connectivity index (χ0n) is 10.6. The van der Waals surface area contributed by atoms with E-state index >= 15 is 0 Å². The normalized spacial score (nSPS) is 25.6. The Kier molecular flexibility index (Phi) is 2.89. The standard InChI is InChI=1S/C13H23N/c1-8(2)11-12(9(3)4)14-10(5)13(11,6)7/h9-10H,1-7H3. The highest BCUT2D eigenvalue weighted by molar-refractivity contribution is 6.05. The average molecular weight is 193 g/mol. The topological polar surface area (TPSA) is 12.4 Å². The Hall–Kier alpha value is -0.590. The molecule has 0 amide bonds. The fourth-order valence-electron chi connectivity index (χ4n) is 2.31. The van der Waals surface area contributed by atoms with Crippen LogP contribution in [0, 0.1) is 11.3 Å². The van der Waals surface area contributed by atoms with Crippen molar-refractivity contribution in [2.24, 2.45) is 16.3 Å². The molecule has 0 saturated heterocycles. The summed E-state index contributed by atoms with van der Waals surface area (Å²) in [5, 5.41) is 0. The molecule has 1 heterocycles. The molecule has 0 N–H and O–H groups in total. The zero-order chi connectivity index (χ0) is 11.1. The van der Waals surface area contributed by atoms with Crippen LogP contribution in [0.2, 0.25) is 0 Å². The highest BCUT2D eigenvalue weighted by Gasteiger charge is 2.39. The lowest BCUT2D eigenvalue weighted by molar-refractivity contribution is 0.400. The maximum atomic E-state index is 4.80. The predicted molar refractivity (Wildman–Crippen MR) is 63.9 cm³/mol. The molecule has 0 bridgehead atoms. The van der Waals surface area contributed by atoms with Crippen LogP contribution in [0.25, 0.3) is 0 Å². The maximum absolute atomic E-state index is 4.80. The molecule has 0 aromatic carbocycles. The van der Waals surface area contributed by atoms with Crippen LogP contribution in [0.3, 0.4) is 0 Å². The van der Waals surface area contributed by atoms with Gasteiger partial charge in [0.25, 0.3) is 0 Å². The molecule has 1 rings (SSSR count). The molecule has 0 radical (unpaired) electrons. The maximum Gasteiger partial charge on any atom is 0.0566 e. The molecule has 1 nitrogen and oxygen atoms in total. The van der Waals surface area contributed by atoms with Gasteiger partial charge in [-0.05, 0) is 32.3 Å². The summed E-state index contributed by atoms with van der Waals surface area (Å²) in [7, 11) is 0. The van der Waals surface area contributed by atoms with Gasteiger partial charge in [0.2, 0.25) is 0 Å². The fourth-order valence-corrected chi connectivity index (χ4v) is 2.31. The molecule has 0 aromatic rings. The monoisotopic (exact) mass is 193 g/mol. The van der Waals surface area contributed by atoms with E-state index in [1.807, 2.05) is 0 Å². The van der Waals surface area contributed by atoms with Gasteiger partial charge in [-0.15, -0.1) is 0 Å². The van der Waals surface area contributed by atoms with Crippen molar-refractivity contribution in [2.75, 3.05) is 0 Å². The van der Waals surface area contributed by atoms with Gasteiger partial charge in [-0.1, -0.05) is 33.3 Å². The van der Waals surface area contributed by atoms with Crippen molar-refractivity contribution in [3.8, 4) is 0 Å². The van der Waals surface area contributed by atoms with Gasteiger partial charge in [0, 0.05) is 11.1 Å². The van der Waals surface area contributed by atoms with E-state index in [9.17, 15) is 0 Å². The molecule has 1 unspecified atom stereocenters. The number of nitrogens with zero attached hydrogens (tertiary/aromatic N) is 1. The Morgan fingerprint density at radius 1 is 1.29 bits per heavy atom. The first kappa shape index (κ1) is 11.5. The molecule has 0 fully saturated rings. The minimum atomic E-state index is 0.221. The summed E-state index contributed by atoms with van der Waals surface area (Å²) in [6.45, 7) is 15.7. The van der Waals surface area contributed by atoms with Crippen LogP contribution in [0.5, 0.6) is 0 Å². The molecule has 0 aliphatic carbocycles. The van der Waals surface area contributed by atoms with Crippen LogP contribution in [0.15, 0.2) is 16.1 Å². The minimum absolute atomic E-state index is 0.221. The molecule has 14 heavy (non-hydrogen) atoms. The Bertz CT molecular complexity index is 288. The van der Waals surface area contributed by atoms with E-state index in [0.29, 0.717) is 12.0 Å². The van der Waals surface area contributed by atoms with E-state index in [2.05, 4.69) is 48.5 Å². The smallest absolute Gasteiger partial charge is 0.0566 e. The van der Waals surface area contributed by atoms with Crippen LogP contribution in [-0.4, -0.2) is 11.8 Å². The van der Waals surface area contributed by atoms with Gasteiger partial charge in [-0.2, -0.15) is 0 Å². The largest absolute Gasteiger partial charge is 0.285 e. The molecule has 1 atom stereocenters. The highest BCUT2D eigenvalue weighted by Crippen LogP contribution is 2.42. The van der Waals surface area contributed by atoms with Crippen molar-refractivity contribution in [3.05, 3.63) is 11.1 Å².